The minimum absolute atomic E-state index is 0.807. The summed E-state index contributed by atoms with van der Waals surface area (Å²) < 4.78 is 0. The Hall–Kier alpha value is -1.46. The van der Waals surface area contributed by atoms with Crippen molar-refractivity contribution in [3.8, 4) is 0 Å². The van der Waals surface area contributed by atoms with Gasteiger partial charge in [0.1, 0.15) is 5.82 Å². The predicted molar refractivity (Wildman–Crippen MR) is 68.9 cm³/mol. The lowest BCUT2D eigenvalue weighted by molar-refractivity contribution is 0.329. The summed E-state index contributed by atoms with van der Waals surface area (Å²) in [7, 11) is 4.09. The van der Waals surface area contributed by atoms with Crippen LogP contribution in [0.5, 0.6) is 0 Å². The Kier molecular flexibility index (Phi) is 3.71. The highest BCUT2D eigenvalue weighted by Gasteiger charge is 2.08. The number of hydrogen-bond donors (Lipinski definition) is 2. The van der Waals surface area contributed by atoms with Gasteiger partial charge in [0.15, 0.2) is 5.65 Å². The van der Waals surface area contributed by atoms with Gasteiger partial charge in [0.25, 0.3) is 0 Å². The average molecular weight is 233 g/mol. The molecule has 0 saturated carbocycles. The van der Waals surface area contributed by atoms with Crippen molar-refractivity contribution in [1.82, 2.24) is 25.2 Å². The van der Waals surface area contributed by atoms with Crippen LogP contribution in [0.25, 0.3) is 11.2 Å². The van der Waals surface area contributed by atoms with Crippen molar-refractivity contribution in [3.05, 3.63) is 23.7 Å². The lowest BCUT2D eigenvalue weighted by Crippen LogP contribution is -2.27. The highest BCUT2D eigenvalue weighted by molar-refractivity contribution is 5.74. The number of aromatic amines is 1. The second kappa shape index (κ2) is 5.25. The highest BCUT2D eigenvalue weighted by Crippen LogP contribution is 2.15. The molecule has 5 nitrogen and oxygen atoms in total. The van der Waals surface area contributed by atoms with Gasteiger partial charge in [-0.1, -0.05) is 0 Å². The summed E-state index contributed by atoms with van der Waals surface area (Å²) in [4.78, 5) is 14.2. The second-order valence-corrected chi connectivity index (χ2v) is 4.33. The number of rotatable bonds is 5. The lowest BCUT2D eigenvalue weighted by Gasteiger charge is -2.16. The fraction of sp³-hybridized carbons (Fsp3) is 0.500. The minimum Gasteiger partial charge on any atom is -0.341 e. The van der Waals surface area contributed by atoms with E-state index < -0.39 is 0 Å². The standard InChI is InChI=1S/C12H19N5/c1-9-15-11-10(4-5-14-12(11)16-9)8-17(3)7-6-13-2/h4-5,13H,6-8H2,1-3H3,(H,14,15,16). The van der Waals surface area contributed by atoms with Crippen LogP contribution >= 0.6 is 0 Å². The van der Waals surface area contributed by atoms with Crippen molar-refractivity contribution in [2.24, 2.45) is 0 Å². The zero-order valence-electron chi connectivity index (χ0n) is 10.6. The molecular weight excluding hydrogens is 214 g/mol. The Balaban J connectivity index is 2.17. The smallest absolute Gasteiger partial charge is 0.177 e. The zero-order valence-corrected chi connectivity index (χ0v) is 10.6. The molecule has 2 aromatic rings. The Bertz CT molecular complexity index is 491. The number of nitrogens with one attached hydrogen (secondary N) is 2. The number of aromatic nitrogens is 3. The molecule has 0 aromatic carbocycles. The number of H-pyrrole nitrogens is 1. The van der Waals surface area contributed by atoms with Gasteiger partial charge < -0.3 is 15.2 Å². The number of fused-ring (bicyclic) bond motifs is 1. The van der Waals surface area contributed by atoms with Gasteiger partial charge in [-0.15, -0.1) is 0 Å². The fourth-order valence-corrected chi connectivity index (χ4v) is 1.88. The lowest BCUT2D eigenvalue weighted by atomic mass is 10.2. The molecule has 2 aromatic heterocycles. The maximum absolute atomic E-state index is 4.35. The van der Waals surface area contributed by atoms with Gasteiger partial charge in [0.2, 0.25) is 0 Å². The van der Waals surface area contributed by atoms with E-state index in [0.29, 0.717) is 0 Å². The molecule has 0 unspecified atom stereocenters. The summed E-state index contributed by atoms with van der Waals surface area (Å²) in [6, 6.07) is 2.05. The molecule has 5 heteroatoms. The summed E-state index contributed by atoms with van der Waals surface area (Å²) in [6.45, 7) is 4.87. The van der Waals surface area contributed by atoms with Crippen LogP contribution < -0.4 is 5.32 Å². The third-order valence-electron chi connectivity index (χ3n) is 2.78. The maximum Gasteiger partial charge on any atom is 0.177 e. The molecule has 2 heterocycles. The van der Waals surface area contributed by atoms with E-state index in [4.69, 9.17) is 0 Å². The van der Waals surface area contributed by atoms with Crippen molar-refractivity contribution in [3.63, 3.8) is 0 Å². The summed E-state index contributed by atoms with van der Waals surface area (Å²) in [5.74, 6) is 0.915. The number of pyridine rings is 1. The van der Waals surface area contributed by atoms with E-state index in [1.165, 1.54) is 5.56 Å². The molecule has 0 aliphatic rings. The van der Waals surface area contributed by atoms with Gasteiger partial charge in [0, 0.05) is 25.8 Å². The van der Waals surface area contributed by atoms with Crippen LogP contribution in [0.3, 0.4) is 0 Å². The first-order valence-electron chi connectivity index (χ1n) is 5.84. The molecule has 0 fully saturated rings. The first-order chi connectivity index (χ1) is 8.20. The van der Waals surface area contributed by atoms with Gasteiger partial charge in [0.05, 0.1) is 5.52 Å². The van der Waals surface area contributed by atoms with Crippen molar-refractivity contribution in [2.75, 3.05) is 27.2 Å². The third-order valence-corrected chi connectivity index (χ3v) is 2.78. The SMILES string of the molecule is CNCCN(C)Cc1ccnc2nc(C)[nH]c12. The first-order valence-corrected chi connectivity index (χ1v) is 5.84. The molecule has 0 radical (unpaired) electrons. The Morgan fingerprint density at radius 1 is 1.47 bits per heavy atom. The molecule has 92 valence electrons. The van der Waals surface area contributed by atoms with E-state index in [-0.39, 0.29) is 0 Å². The number of imidazole rings is 1. The minimum atomic E-state index is 0.807. The van der Waals surface area contributed by atoms with Crippen LogP contribution in [-0.4, -0.2) is 47.0 Å². The topological polar surface area (TPSA) is 56.8 Å². The van der Waals surface area contributed by atoms with Crippen LogP contribution in [0, 0.1) is 6.92 Å². The Morgan fingerprint density at radius 3 is 3.06 bits per heavy atom. The quantitative estimate of drug-likeness (QED) is 0.806. The molecular formula is C12H19N5. The monoisotopic (exact) mass is 233 g/mol. The summed E-state index contributed by atoms with van der Waals surface area (Å²) >= 11 is 0. The summed E-state index contributed by atoms with van der Waals surface area (Å²) in [5.41, 5.74) is 3.11. The van der Waals surface area contributed by atoms with Crippen LogP contribution in [0.2, 0.25) is 0 Å². The van der Waals surface area contributed by atoms with Crippen LogP contribution in [0.4, 0.5) is 0 Å². The van der Waals surface area contributed by atoms with E-state index in [0.717, 1.165) is 36.6 Å². The molecule has 17 heavy (non-hydrogen) atoms. The van der Waals surface area contributed by atoms with Crippen LogP contribution in [0.15, 0.2) is 12.3 Å². The Morgan fingerprint density at radius 2 is 2.29 bits per heavy atom. The third kappa shape index (κ3) is 2.81. The van der Waals surface area contributed by atoms with Crippen molar-refractivity contribution >= 4 is 11.2 Å². The largest absolute Gasteiger partial charge is 0.341 e. The summed E-state index contributed by atoms with van der Waals surface area (Å²) in [6.07, 6.45) is 1.82. The van der Waals surface area contributed by atoms with Crippen LogP contribution in [-0.2, 0) is 6.54 Å². The van der Waals surface area contributed by atoms with Crippen LogP contribution in [0.1, 0.15) is 11.4 Å². The van der Waals surface area contributed by atoms with E-state index in [1.807, 2.05) is 20.2 Å². The molecule has 0 atom stereocenters. The van der Waals surface area contributed by atoms with E-state index in [9.17, 15) is 0 Å². The van der Waals surface area contributed by atoms with E-state index in [1.54, 1.807) is 0 Å². The number of hydrogen-bond acceptors (Lipinski definition) is 4. The Labute approximate surface area is 101 Å². The van der Waals surface area contributed by atoms with E-state index >= 15 is 0 Å². The fourth-order valence-electron chi connectivity index (χ4n) is 1.88. The average Bonchev–Trinajstić information content (AvgIpc) is 2.68. The van der Waals surface area contributed by atoms with Gasteiger partial charge in [-0.3, -0.25) is 0 Å². The van der Waals surface area contributed by atoms with Crippen molar-refractivity contribution < 1.29 is 0 Å². The molecule has 0 aliphatic carbocycles. The molecule has 0 amide bonds. The van der Waals surface area contributed by atoms with Gasteiger partial charge in [-0.25, -0.2) is 9.97 Å². The molecule has 0 saturated heterocycles. The molecule has 2 N–H and O–H groups in total. The number of aryl methyl sites for hydroxylation is 1. The maximum atomic E-state index is 4.35. The van der Waals surface area contributed by atoms with Crippen molar-refractivity contribution in [2.45, 2.75) is 13.5 Å². The first kappa shape index (κ1) is 12.0. The number of nitrogens with zero attached hydrogens (tertiary/aromatic N) is 3. The normalized spacial score (nSPS) is 11.5. The molecule has 0 spiro atoms. The zero-order chi connectivity index (χ0) is 12.3. The number of likely N-dealkylation sites (N-methyl/N-ethyl adjacent to an activating group) is 2. The van der Waals surface area contributed by atoms with Gasteiger partial charge in [-0.05, 0) is 32.6 Å². The molecule has 0 aliphatic heterocycles. The summed E-state index contributed by atoms with van der Waals surface area (Å²) in [5, 5.41) is 3.15. The van der Waals surface area contributed by atoms with Gasteiger partial charge >= 0.3 is 0 Å². The van der Waals surface area contributed by atoms with Crippen molar-refractivity contribution in [1.29, 1.82) is 0 Å². The predicted octanol–water partition coefficient (Wildman–Crippen LogP) is 0.918. The molecule has 2 rings (SSSR count). The second-order valence-electron chi connectivity index (χ2n) is 4.33. The van der Waals surface area contributed by atoms with Gasteiger partial charge in [-0.2, -0.15) is 0 Å². The van der Waals surface area contributed by atoms with E-state index in [2.05, 4.69) is 38.3 Å². The highest BCUT2D eigenvalue weighted by atomic mass is 15.1. The molecule has 0 bridgehead atoms.